The van der Waals surface area contributed by atoms with E-state index in [9.17, 15) is 14.4 Å². The lowest BCUT2D eigenvalue weighted by Crippen LogP contribution is -2.54. The molecule has 3 amide bonds. The van der Waals surface area contributed by atoms with E-state index in [0.717, 1.165) is 4.90 Å². The predicted molar refractivity (Wildman–Crippen MR) is 82.3 cm³/mol. The fourth-order valence-corrected chi connectivity index (χ4v) is 3.89. The summed E-state index contributed by atoms with van der Waals surface area (Å²) < 4.78 is 0. The second-order valence-electron chi connectivity index (χ2n) is 5.72. The summed E-state index contributed by atoms with van der Waals surface area (Å²) in [6, 6.07) is -0.475. The van der Waals surface area contributed by atoms with Gasteiger partial charge in [-0.1, -0.05) is 0 Å². The molecule has 1 N–H and O–H groups in total. The van der Waals surface area contributed by atoms with Gasteiger partial charge in [-0.15, -0.1) is 11.3 Å². The summed E-state index contributed by atoms with van der Waals surface area (Å²) in [6.45, 7) is 4.14. The maximum absolute atomic E-state index is 12.3. The quantitative estimate of drug-likeness (QED) is 0.847. The van der Waals surface area contributed by atoms with Crippen molar-refractivity contribution in [3.05, 3.63) is 16.6 Å². The van der Waals surface area contributed by atoms with Crippen LogP contribution in [-0.2, 0) is 4.79 Å². The third kappa shape index (κ3) is 2.93. The second-order valence-corrected chi connectivity index (χ2v) is 6.62. The van der Waals surface area contributed by atoms with Crippen LogP contribution in [0.2, 0.25) is 0 Å². The van der Waals surface area contributed by atoms with Crippen molar-refractivity contribution in [2.75, 3.05) is 26.2 Å². The first-order chi connectivity index (χ1) is 11.0. The topological polar surface area (TPSA) is 94.0 Å². The highest BCUT2D eigenvalue weighted by Crippen LogP contribution is 2.25. The van der Waals surface area contributed by atoms with Crippen molar-refractivity contribution in [3.8, 4) is 0 Å². The van der Waals surface area contributed by atoms with E-state index >= 15 is 0 Å². The lowest BCUT2D eigenvalue weighted by Gasteiger charge is -2.39. The minimum atomic E-state index is -1.19. The number of hydrogen-bond donors (Lipinski definition) is 1. The Morgan fingerprint density at radius 2 is 2.00 bits per heavy atom. The average molecular weight is 338 g/mol. The number of imide groups is 1. The molecule has 2 unspecified atom stereocenters. The predicted octanol–water partition coefficient (Wildman–Crippen LogP) is 0.568. The molecule has 23 heavy (non-hydrogen) atoms. The highest BCUT2D eigenvalue weighted by Gasteiger charge is 2.44. The van der Waals surface area contributed by atoms with Crippen molar-refractivity contribution in [1.82, 2.24) is 19.7 Å². The molecule has 124 valence electrons. The van der Waals surface area contributed by atoms with Crippen molar-refractivity contribution in [2.24, 2.45) is 0 Å². The van der Waals surface area contributed by atoms with Crippen LogP contribution in [-0.4, -0.2) is 81.0 Å². The monoisotopic (exact) mass is 338 g/mol. The molecule has 0 aliphatic carbocycles. The van der Waals surface area contributed by atoms with E-state index < -0.39 is 6.09 Å². The molecular weight excluding hydrogens is 320 g/mol. The van der Waals surface area contributed by atoms with Gasteiger partial charge < -0.3 is 10.0 Å². The van der Waals surface area contributed by atoms with Crippen molar-refractivity contribution < 1.29 is 19.5 Å². The second kappa shape index (κ2) is 6.25. The van der Waals surface area contributed by atoms with E-state index in [4.69, 9.17) is 5.11 Å². The van der Waals surface area contributed by atoms with Crippen molar-refractivity contribution in [2.45, 2.75) is 25.4 Å². The van der Waals surface area contributed by atoms with Gasteiger partial charge in [-0.3, -0.25) is 14.5 Å². The lowest BCUT2D eigenvalue weighted by atomic mass is 10.1. The molecule has 0 spiro atoms. The minimum absolute atomic E-state index is 0.0673. The van der Waals surface area contributed by atoms with Gasteiger partial charge >= 0.3 is 6.09 Å². The number of aromatic nitrogens is 1. The Kier molecular flexibility index (Phi) is 4.31. The number of amides is 3. The average Bonchev–Trinajstić information content (AvgIpc) is 3.15. The molecule has 0 bridgehead atoms. The number of piperazine rings is 1. The van der Waals surface area contributed by atoms with E-state index in [1.54, 1.807) is 23.4 Å². The van der Waals surface area contributed by atoms with Crippen LogP contribution >= 0.6 is 11.3 Å². The Labute approximate surface area is 137 Å². The van der Waals surface area contributed by atoms with Crippen LogP contribution in [0.5, 0.6) is 0 Å². The van der Waals surface area contributed by atoms with Crippen molar-refractivity contribution in [1.29, 1.82) is 0 Å². The van der Waals surface area contributed by atoms with Gasteiger partial charge in [0.25, 0.3) is 5.91 Å². The van der Waals surface area contributed by atoms with Gasteiger partial charge in [0.1, 0.15) is 0 Å². The normalized spacial score (nSPS) is 25.9. The van der Waals surface area contributed by atoms with E-state index in [1.165, 1.54) is 11.3 Å². The van der Waals surface area contributed by atoms with Crippen LogP contribution < -0.4 is 0 Å². The zero-order valence-corrected chi connectivity index (χ0v) is 13.5. The Hall–Kier alpha value is -2.00. The first-order valence-electron chi connectivity index (χ1n) is 7.47. The van der Waals surface area contributed by atoms with Crippen LogP contribution in [0.3, 0.4) is 0 Å². The van der Waals surface area contributed by atoms with Crippen LogP contribution in [0.25, 0.3) is 0 Å². The third-order valence-corrected chi connectivity index (χ3v) is 5.27. The summed E-state index contributed by atoms with van der Waals surface area (Å²) in [4.78, 5) is 44.1. The number of rotatable bonds is 2. The van der Waals surface area contributed by atoms with Crippen LogP contribution in [0.1, 0.15) is 23.1 Å². The van der Waals surface area contributed by atoms with Gasteiger partial charge in [0, 0.05) is 50.2 Å². The molecule has 0 radical (unpaired) electrons. The standard InChI is InChI=1S/C14H18N4O4S/c1-9-10(8-11(19)18(9)14(21)22)16-3-5-17(6-4-16)13(20)12-15-2-7-23-12/h2,7,9-10H,3-6,8H2,1H3,(H,21,22). The summed E-state index contributed by atoms with van der Waals surface area (Å²) in [7, 11) is 0. The third-order valence-electron chi connectivity index (χ3n) is 4.51. The SMILES string of the molecule is CC1C(N2CCN(C(=O)c3nccs3)CC2)CC(=O)N1C(=O)O. The maximum atomic E-state index is 12.3. The molecule has 3 heterocycles. The molecule has 2 fully saturated rings. The van der Waals surface area contributed by atoms with Crippen LogP contribution in [0.4, 0.5) is 4.79 Å². The summed E-state index contributed by atoms with van der Waals surface area (Å²) in [5, 5.41) is 11.4. The highest BCUT2D eigenvalue weighted by atomic mass is 32.1. The zero-order chi connectivity index (χ0) is 16.6. The van der Waals surface area contributed by atoms with E-state index in [0.29, 0.717) is 31.2 Å². The molecule has 2 aliphatic rings. The van der Waals surface area contributed by atoms with Crippen LogP contribution in [0.15, 0.2) is 11.6 Å². The fourth-order valence-electron chi connectivity index (χ4n) is 3.28. The summed E-state index contributed by atoms with van der Waals surface area (Å²) in [5.41, 5.74) is 0. The Morgan fingerprint density at radius 3 is 2.52 bits per heavy atom. The molecule has 0 saturated carbocycles. The Morgan fingerprint density at radius 1 is 1.30 bits per heavy atom. The molecule has 8 nitrogen and oxygen atoms in total. The summed E-state index contributed by atoms with van der Waals surface area (Å²) in [5.74, 6) is -0.418. The molecule has 3 rings (SSSR count). The van der Waals surface area contributed by atoms with Gasteiger partial charge in [-0.2, -0.15) is 0 Å². The zero-order valence-electron chi connectivity index (χ0n) is 12.7. The molecule has 2 aliphatic heterocycles. The maximum Gasteiger partial charge on any atom is 0.414 e. The van der Waals surface area contributed by atoms with Gasteiger partial charge in [-0.25, -0.2) is 14.7 Å². The first-order valence-corrected chi connectivity index (χ1v) is 8.35. The van der Waals surface area contributed by atoms with Gasteiger partial charge in [0.15, 0.2) is 5.01 Å². The summed E-state index contributed by atoms with van der Waals surface area (Å²) >= 11 is 1.32. The highest BCUT2D eigenvalue weighted by molar-refractivity contribution is 7.11. The van der Waals surface area contributed by atoms with Gasteiger partial charge in [-0.05, 0) is 6.92 Å². The Bertz CT molecular complexity index is 612. The van der Waals surface area contributed by atoms with Crippen molar-refractivity contribution >= 4 is 29.2 Å². The van der Waals surface area contributed by atoms with E-state index in [2.05, 4.69) is 9.88 Å². The van der Waals surface area contributed by atoms with Gasteiger partial charge in [0.2, 0.25) is 5.91 Å². The number of carbonyl (C=O) groups is 3. The van der Waals surface area contributed by atoms with Gasteiger partial charge in [0.05, 0.1) is 6.04 Å². The van der Waals surface area contributed by atoms with Crippen LogP contribution in [0, 0.1) is 0 Å². The number of thiazole rings is 1. The molecular formula is C14H18N4O4S. The number of carboxylic acid groups (broad SMARTS) is 1. The minimum Gasteiger partial charge on any atom is -0.465 e. The molecule has 2 saturated heterocycles. The van der Waals surface area contributed by atoms with E-state index in [-0.39, 0.29) is 30.3 Å². The smallest absolute Gasteiger partial charge is 0.414 e. The number of nitrogens with zero attached hydrogens (tertiary/aromatic N) is 4. The number of likely N-dealkylation sites (tertiary alicyclic amines) is 1. The molecule has 2 atom stereocenters. The molecule has 1 aromatic rings. The molecule has 0 aromatic carbocycles. The first kappa shape index (κ1) is 15.9. The number of carbonyl (C=O) groups excluding carboxylic acids is 2. The summed E-state index contributed by atoms with van der Waals surface area (Å²) in [6.07, 6.45) is 0.636. The molecule has 1 aromatic heterocycles. The number of hydrogen-bond acceptors (Lipinski definition) is 6. The fraction of sp³-hybridized carbons (Fsp3) is 0.571. The largest absolute Gasteiger partial charge is 0.465 e. The van der Waals surface area contributed by atoms with E-state index in [1.807, 2.05) is 0 Å². The Balaban J connectivity index is 1.60. The lowest BCUT2D eigenvalue weighted by molar-refractivity contribution is -0.126. The van der Waals surface area contributed by atoms with Crippen molar-refractivity contribution in [3.63, 3.8) is 0 Å². The molecule has 9 heteroatoms.